The minimum Gasteiger partial charge on any atom is -0.455 e. The first-order valence-electron chi connectivity index (χ1n) is 13.7. The fourth-order valence-corrected chi connectivity index (χ4v) is 6.64. The predicted molar refractivity (Wildman–Crippen MR) is 167 cm³/mol. The Hall–Kier alpha value is -5.28. The van der Waals surface area contributed by atoms with Gasteiger partial charge in [-0.05, 0) is 73.2 Å². The Labute approximate surface area is 230 Å². The molecule has 9 aromatic rings. The Kier molecular flexibility index (Phi) is 4.26. The first kappa shape index (κ1) is 21.6. The van der Waals surface area contributed by atoms with Gasteiger partial charge in [0, 0.05) is 38.3 Å². The van der Waals surface area contributed by atoms with E-state index in [-0.39, 0.29) is 0 Å². The molecule has 9 rings (SSSR count). The topological polar surface area (TPSA) is 23.0 Å². The molecule has 0 fully saturated rings. The lowest BCUT2D eigenvalue weighted by molar-refractivity contribution is 0.673. The van der Waals surface area contributed by atoms with Gasteiger partial charge in [-0.1, -0.05) is 66.7 Å². The minimum absolute atomic E-state index is 0.918. The molecule has 0 unspecified atom stereocenters. The van der Waals surface area contributed by atoms with Gasteiger partial charge in [0.25, 0.3) is 0 Å². The molecule has 0 bridgehead atoms. The third kappa shape index (κ3) is 2.84. The smallest absolute Gasteiger partial charge is 0.145 e. The van der Waals surface area contributed by atoms with Crippen molar-refractivity contribution < 1.29 is 4.42 Å². The molecule has 3 aromatic heterocycles. The number of rotatable bonds is 2. The molecule has 3 heteroatoms. The van der Waals surface area contributed by atoms with Crippen LogP contribution >= 0.6 is 0 Å². The van der Waals surface area contributed by atoms with Crippen LogP contribution in [0.15, 0.2) is 132 Å². The lowest BCUT2D eigenvalue weighted by Crippen LogP contribution is -1.95. The molecular weight excluding hydrogens is 488 g/mol. The molecule has 40 heavy (non-hydrogen) atoms. The zero-order valence-electron chi connectivity index (χ0n) is 21.9. The van der Waals surface area contributed by atoms with E-state index in [0.717, 1.165) is 44.2 Å². The molecule has 0 aliphatic carbocycles. The van der Waals surface area contributed by atoms with Crippen LogP contribution < -0.4 is 0 Å². The molecule has 0 atom stereocenters. The van der Waals surface area contributed by atoms with Gasteiger partial charge in [-0.15, -0.1) is 0 Å². The Morgan fingerprint density at radius 1 is 0.450 bits per heavy atom. The van der Waals surface area contributed by atoms with Crippen LogP contribution in [0.25, 0.3) is 76.9 Å². The Morgan fingerprint density at radius 3 is 2.02 bits per heavy atom. The molecule has 0 aliphatic heterocycles. The summed E-state index contributed by atoms with van der Waals surface area (Å²) in [4.78, 5) is 0. The quantitative estimate of drug-likeness (QED) is 0.226. The molecule has 6 aromatic carbocycles. The second-order valence-electron chi connectivity index (χ2n) is 10.7. The molecule has 0 N–H and O–H groups in total. The monoisotopic (exact) mass is 512 g/mol. The molecular formula is C37H24N2O. The predicted octanol–water partition coefficient (Wildman–Crippen LogP) is 10.1. The van der Waals surface area contributed by atoms with Crippen molar-refractivity contribution in [2.75, 3.05) is 0 Å². The van der Waals surface area contributed by atoms with E-state index in [1.807, 2.05) is 6.07 Å². The minimum atomic E-state index is 0.918. The standard InChI is InChI=1S/C37H24N2O/c1-23-10-9-13-25(20-23)39-32-19-18-28-27-15-6-8-17-35(27)40-37(28)36(32)30-22-33-29(21-34(30)39)26-14-5-7-16-31(26)38(33)24-11-3-2-4-12-24/h2-22H,1H3. The Morgan fingerprint density at radius 2 is 1.15 bits per heavy atom. The van der Waals surface area contributed by atoms with Crippen molar-refractivity contribution >= 4 is 65.6 Å². The van der Waals surface area contributed by atoms with Crippen LogP contribution in [-0.4, -0.2) is 9.13 Å². The second-order valence-corrected chi connectivity index (χ2v) is 10.7. The summed E-state index contributed by atoms with van der Waals surface area (Å²) in [6, 6.07) is 45.7. The van der Waals surface area contributed by atoms with Crippen LogP contribution in [-0.2, 0) is 0 Å². The maximum Gasteiger partial charge on any atom is 0.145 e. The number of fused-ring (bicyclic) bond motifs is 10. The zero-order chi connectivity index (χ0) is 26.4. The van der Waals surface area contributed by atoms with Crippen molar-refractivity contribution in [2.24, 2.45) is 0 Å². The second kappa shape index (κ2) is 7.87. The largest absolute Gasteiger partial charge is 0.455 e. The van der Waals surface area contributed by atoms with Crippen molar-refractivity contribution in [1.29, 1.82) is 0 Å². The Balaban J connectivity index is 1.54. The normalized spacial score (nSPS) is 12.1. The van der Waals surface area contributed by atoms with Gasteiger partial charge in [-0.2, -0.15) is 0 Å². The number of benzene rings is 6. The maximum absolute atomic E-state index is 6.61. The highest BCUT2D eigenvalue weighted by Crippen LogP contribution is 2.43. The van der Waals surface area contributed by atoms with Gasteiger partial charge in [0.15, 0.2) is 0 Å². The van der Waals surface area contributed by atoms with Crippen molar-refractivity contribution in [1.82, 2.24) is 9.13 Å². The van der Waals surface area contributed by atoms with E-state index in [4.69, 9.17) is 4.42 Å². The Bertz CT molecular complexity index is 2440. The number of hydrogen-bond donors (Lipinski definition) is 0. The van der Waals surface area contributed by atoms with Crippen LogP contribution in [0.1, 0.15) is 5.56 Å². The highest BCUT2D eigenvalue weighted by molar-refractivity contribution is 6.26. The summed E-state index contributed by atoms with van der Waals surface area (Å²) in [6.07, 6.45) is 0. The van der Waals surface area contributed by atoms with Gasteiger partial charge in [0.05, 0.1) is 27.5 Å². The molecule has 3 heterocycles. The highest BCUT2D eigenvalue weighted by Gasteiger charge is 2.21. The van der Waals surface area contributed by atoms with Crippen LogP contribution in [0.3, 0.4) is 0 Å². The molecule has 0 spiro atoms. The molecule has 3 nitrogen and oxygen atoms in total. The molecule has 0 aliphatic rings. The zero-order valence-corrected chi connectivity index (χ0v) is 21.9. The van der Waals surface area contributed by atoms with E-state index in [1.165, 1.54) is 38.3 Å². The first-order chi connectivity index (χ1) is 19.8. The van der Waals surface area contributed by atoms with Crippen molar-refractivity contribution in [3.8, 4) is 11.4 Å². The lowest BCUT2D eigenvalue weighted by Gasteiger charge is -2.09. The van der Waals surface area contributed by atoms with Gasteiger partial charge in [-0.25, -0.2) is 0 Å². The first-order valence-corrected chi connectivity index (χ1v) is 13.7. The van der Waals surface area contributed by atoms with Gasteiger partial charge in [0.2, 0.25) is 0 Å². The number of aromatic nitrogens is 2. The van der Waals surface area contributed by atoms with Gasteiger partial charge < -0.3 is 13.6 Å². The molecule has 0 radical (unpaired) electrons. The summed E-state index contributed by atoms with van der Waals surface area (Å²) in [6.45, 7) is 2.15. The summed E-state index contributed by atoms with van der Waals surface area (Å²) in [5.41, 5.74) is 10.1. The van der Waals surface area contributed by atoms with Crippen LogP contribution in [0.2, 0.25) is 0 Å². The molecule has 188 valence electrons. The third-order valence-corrected chi connectivity index (χ3v) is 8.34. The van der Waals surface area contributed by atoms with Crippen molar-refractivity contribution in [2.45, 2.75) is 6.92 Å². The van der Waals surface area contributed by atoms with Gasteiger partial charge in [-0.3, -0.25) is 0 Å². The van der Waals surface area contributed by atoms with Crippen LogP contribution in [0.5, 0.6) is 0 Å². The van der Waals surface area contributed by atoms with Crippen molar-refractivity contribution in [3.63, 3.8) is 0 Å². The number of hydrogen-bond acceptors (Lipinski definition) is 1. The number of nitrogens with zero attached hydrogens (tertiary/aromatic N) is 2. The fraction of sp³-hybridized carbons (Fsp3) is 0.0270. The van der Waals surface area contributed by atoms with Gasteiger partial charge in [0.1, 0.15) is 11.2 Å². The van der Waals surface area contributed by atoms with Gasteiger partial charge >= 0.3 is 0 Å². The molecule has 0 saturated carbocycles. The van der Waals surface area contributed by atoms with E-state index in [2.05, 4.69) is 137 Å². The molecule has 0 saturated heterocycles. The average molecular weight is 513 g/mol. The summed E-state index contributed by atoms with van der Waals surface area (Å²) in [5, 5.41) is 7.12. The van der Waals surface area contributed by atoms with E-state index in [9.17, 15) is 0 Å². The summed E-state index contributed by atoms with van der Waals surface area (Å²) < 4.78 is 11.4. The number of furan rings is 1. The van der Waals surface area contributed by atoms with E-state index in [1.54, 1.807) is 0 Å². The number of para-hydroxylation sites is 3. The highest BCUT2D eigenvalue weighted by atomic mass is 16.3. The fourth-order valence-electron chi connectivity index (χ4n) is 6.64. The lowest BCUT2D eigenvalue weighted by atomic mass is 10.1. The summed E-state index contributed by atoms with van der Waals surface area (Å²) >= 11 is 0. The van der Waals surface area contributed by atoms with Crippen LogP contribution in [0.4, 0.5) is 0 Å². The van der Waals surface area contributed by atoms with E-state index >= 15 is 0 Å². The number of aryl methyl sites for hydroxylation is 1. The van der Waals surface area contributed by atoms with Crippen molar-refractivity contribution in [3.05, 3.63) is 133 Å². The SMILES string of the molecule is Cc1cccc(-n2c3cc4c5ccccc5n(-c5ccccc5)c4cc3c3c4oc5ccccc5c4ccc32)c1. The van der Waals surface area contributed by atoms with E-state index < -0.39 is 0 Å². The summed E-state index contributed by atoms with van der Waals surface area (Å²) in [7, 11) is 0. The molecule has 0 amide bonds. The maximum atomic E-state index is 6.61. The van der Waals surface area contributed by atoms with E-state index in [0.29, 0.717) is 0 Å². The third-order valence-electron chi connectivity index (χ3n) is 8.34. The summed E-state index contributed by atoms with van der Waals surface area (Å²) in [5.74, 6) is 0. The average Bonchev–Trinajstić information content (AvgIpc) is 3.63. The van der Waals surface area contributed by atoms with Crippen LogP contribution in [0, 0.1) is 6.92 Å².